The summed E-state index contributed by atoms with van der Waals surface area (Å²) < 4.78 is 15.9. The number of carbonyl (C=O) groups is 2. The smallest absolute Gasteiger partial charge is 0.410 e. The van der Waals surface area contributed by atoms with E-state index in [0.29, 0.717) is 49.7 Å². The molecule has 1 aromatic carbocycles. The zero-order chi connectivity index (χ0) is 19.3. The minimum absolute atomic E-state index is 0.0861. The van der Waals surface area contributed by atoms with Crippen molar-refractivity contribution in [2.75, 3.05) is 40.4 Å². The predicted molar refractivity (Wildman–Crippen MR) is 97.9 cm³/mol. The fraction of sp³-hybridized carbons (Fsp3) is 0.579. The van der Waals surface area contributed by atoms with E-state index in [4.69, 9.17) is 14.2 Å². The van der Waals surface area contributed by atoms with E-state index in [-0.39, 0.29) is 12.0 Å². The highest BCUT2D eigenvalue weighted by Gasteiger charge is 2.26. The maximum Gasteiger partial charge on any atom is 0.410 e. The van der Waals surface area contributed by atoms with E-state index in [1.54, 1.807) is 35.1 Å². The average molecular weight is 364 g/mol. The van der Waals surface area contributed by atoms with E-state index in [0.717, 1.165) is 0 Å². The minimum atomic E-state index is -0.529. The fourth-order valence-corrected chi connectivity index (χ4v) is 2.78. The van der Waals surface area contributed by atoms with Gasteiger partial charge in [-0.25, -0.2) is 4.79 Å². The van der Waals surface area contributed by atoms with Crippen LogP contribution in [0.1, 0.15) is 37.6 Å². The summed E-state index contributed by atoms with van der Waals surface area (Å²) in [6.07, 6.45) is 0.371. The summed E-state index contributed by atoms with van der Waals surface area (Å²) in [5, 5.41) is 0. The lowest BCUT2D eigenvalue weighted by Crippen LogP contribution is -2.40. The van der Waals surface area contributed by atoms with Crippen LogP contribution in [0.25, 0.3) is 0 Å². The maximum atomic E-state index is 12.8. The summed E-state index contributed by atoms with van der Waals surface area (Å²) in [4.78, 5) is 28.5. The van der Waals surface area contributed by atoms with Crippen LogP contribution in [-0.2, 0) is 4.74 Å². The largest absolute Gasteiger partial charge is 0.493 e. The highest BCUT2D eigenvalue weighted by Crippen LogP contribution is 2.28. The number of hydrogen-bond donors (Lipinski definition) is 0. The molecular weight excluding hydrogens is 336 g/mol. The van der Waals surface area contributed by atoms with Crippen molar-refractivity contribution in [2.45, 2.75) is 32.8 Å². The zero-order valence-corrected chi connectivity index (χ0v) is 16.2. The van der Waals surface area contributed by atoms with Crippen LogP contribution >= 0.6 is 0 Å². The number of amides is 2. The van der Waals surface area contributed by atoms with E-state index in [9.17, 15) is 9.59 Å². The SMILES string of the molecule is COc1ccc(C(=O)N2CCCN(C(=O)OC(C)(C)C)CC2)cc1OC. The van der Waals surface area contributed by atoms with Crippen molar-refractivity contribution in [1.82, 2.24) is 9.80 Å². The second-order valence-electron chi connectivity index (χ2n) is 7.18. The number of methoxy groups -OCH3 is 2. The van der Waals surface area contributed by atoms with Gasteiger partial charge in [-0.1, -0.05) is 0 Å². The van der Waals surface area contributed by atoms with Gasteiger partial charge < -0.3 is 24.0 Å². The van der Waals surface area contributed by atoms with Gasteiger partial charge >= 0.3 is 6.09 Å². The molecule has 26 heavy (non-hydrogen) atoms. The van der Waals surface area contributed by atoms with Crippen molar-refractivity contribution in [3.05, 3.63) is 23.8 Å². The van der Waals surface area contributed by atoms with Crippen LogP contribution < -0.4 is 9.47 Å². The van der Waals surface area contributed by atoms with Gasteiger partial charge in [-0.05, 0) is 45.4 Å². The lowest BCUT2D eigenvalue weighted by atomic mass is 10.1. The molecule has 0 unspecified atom stereocenters. The molecule has 0 bridgehead atoms. The minimum Gasteiger partial charge on any atom is -0.493 e. The Morgan fingerprint density at radius 1 is 0.923 bits per heavy atom. The monoisotopic (exact) mass is 364 g/mol. The van der Waals surface area contributed by atoms with Crippen molar-refractivity contribution in [1.29, 1.82) is 0 Å². The third-order valence-electron chi connectivity index (χ3n) is 4.07. The lowest BCUT2D eigenvalue weighted by molar-refractivity contribution is 0.0255. The van der Waals surface area contributed by atoms with Gasteiger partial charge in [-0.3, -0.25) is 4.79 Å². The van der Waals surface area contributed by atoms with Crippen molar-refractivity contribution in [2.24, 2.45) is 0 Å². The number of benzene rings is 1. The molecule has 1 heterocycles. The van der Waals surface area contributed by atoms with Gasteiger partial charge in [0.05, 0.1) is 14.2 Å². The quantitative estimate of drug-likeness (QED) is 0.825. The predicted octanol–water partition coefficient (Wildman–Crippen LogP) is 2.79. The second-order valence-corrected chi connectivity index (χ2v) is 7.18. The molecule has 0 saturated carbocycles. The van der Waals surface area contributed by atoms with Crippen LogP contribution in [0.3, 0.4) is 0 Å². The molecule has 1 fully saturated rings. The zero-order valence-electron chi connectivity index (χ0n) is 16.2. The van der Waals surface area contributed by atoms with E-state index >= 15 is 0 Å². The van der Waals surface area contributed by atoms with Gasteiger partial charge in [-0.15, -0.1) is 0 Å². The highest BCUT2D eigenvalue weighted by atomic mass is 16.6. The van der Waals surface area contributed by atoms with Crippen molar-refractivity contribution >= 4 is 12.0 Å². The number of hydrogen-bond acceptors (Lipinski definition) is 5. The van der Waals surface area contributed by atoms with Crippen LogP contribution in [0.5, 0.6) is 11.5 Å². The van der Waals surface area contributed by atoms with E-state index in [2.05, 4.69) is 0 Å². The Morgan fingerprint density at radius 3 is 2.15 bits per heavy atom. The third kappa shape index (κ3) is 5.03. The van der Waals surface area contributed by atoms with E-state index < -0.39 is 5.60 Å². The molecule has 1 aliphatic heterocycles. The first kappa shape index (κ1) is 19.9. The van der Waals surface area contributed by atoms with Gasteiger partial charge in [0.2, 0.25) is 0 Å². The molecule has 1 aliphatic rings. The normalized spacial score (nSPS) is 15.3. The fourth-order valence-electron chi connectivity index (χ4n) is 2.78. The molecule has 0 atom stereocenters. The Morgan fingerprint density at radius 2 is 1.54 bits per heavy atom. The molecule has 7 heteroatoms. The van der Waals surface area contributed by atoms with Gasteiger partial charge in [0.15, 0.2) is 11.5 Å². The van der Waals surface area contributed by atoms with Crippen molar-refractivity contribution < 1.29 is 23.8 Å². The number of carbonyl (C=O) groups excluding carboxylic acids is 2. The standard InChI is InChI=1S/C19H28N2O5/c1-19(2,3)26-18(23)21-10-6-9-20(11-12-21)17(22)14-7-8-15(24-4)16(13-14)25-5/h7-8,13H,6,9-12H2,1-5H3. The van der Waals surface area contributed by atoms with Gasteiger partial charge in [-0.2, -0.15) is 0 Å². The molecule has 0 aromatic heterocycles. The van der Waals surface area contributed by atoms with Crippen molar-refractivity contribution in [3.63, 3.8) is 0 Å². The van der Waals surface area contributed by atoms with Crippen LogP contribution in [0.4, 0.5) is 4.79 Å². The molecule has 2 rings (SSSR count). The molecule has 0 spiro atoms. The molecule has 0 N–H and O–H groups in total. The summed E-state index contributed by atoms with van der Waals surface area (Å²) in [6, 6.07) is 5.12. The second kappa shape index (κ2) is 8.29. The Bertz CT molecular complexity index is 654. The summed E-state index contributed by atoms with van der Waals surface area (Å²) in [6.45, 7) is 7.61. The molecule has 1 saturated heterocycles. The van der Waals surface area contributed by atoms with Gasteiger partial charge in [0.1, 0.15) is 5.60 Å². The summed E-state index contributed by atoms with van der Waals surface area (Å²) in [5.41, 5.74) is 0.00630. The molecule has 7 nitrogen and oxygen atoms in total. The molecule has 0 aliphatic carbocycles. The Hall–Kier alpha value is -2.44. The maximum absolute atomic E-state index is 12.8. The van der Waals surface area contributed by atoms with Gasteiger partial charge in [0.25, 0.3) is 5.91 Å². The number of ether oxygens (including phenoxy) is 3. The first-order valence-corrected chi connectivity index (χ1v) is 8.74. The Labute approximate surface area is 154 Å². The molecule has 1 aromatic rings. The number of rotatable bonds is 3. The highest BCUT2D eigenvalue weighted by molar-refractivity contribution is 5.95. The lowest BCUT2D eigenvalue weighted by Gasteiger charge is -2.26. The number of nitrogens with zero attached hydrogens (tertiary/aromatic N) is 2. The van der Waals surface area contributed by atoms with Crippen LogP contribution in [-0.4, -0.2) is 67.8 Å². The summed E-state index contributed by atoms with van der Waals surface area (Å²) in [7, 11) is 3.09. The Balaban J connectivity index is 2.04. The average Bonchev–Trinajstić information content (AvgIpc) is 2.85. The van der Waals surface area contributed by atoms with Crippen LogP contribution in [0, 0.1) is 0 Å². The third-order valence-corrected chi connectivity index (χ3v) is 4.07. The van der Waals surface area contributed by atoms with E-state index in [1.807, 2.05) is 20.8 Å². The molecule has 2 amide bonds. The summed E-state index contributed by atoms with van der Waals surface area (Å²) >= 11 is 0. The van der Waals surface area contributed by atoms with Gasteiger partial charge in [0, 0.05) is 31.7 Å². The topological polar surface area (TPSA) is 68.3 Å². The van der Waals surface area contributed by atoms with Crippen LogP contribution in [0.2, 0.25) is 0 Å². The Kier molecular flexibility index (Phi) is 6.34. The molecule has 0 radical (unpaired) electrons. The van der Waals surface area contributed by atoms with Crippen molar-refractivity contribution in [3.8, 4) is 11.5 Å². The molecular formula is C19H28N2O5. The summed E-state index contributed by atoms with van der Waals surface area (Å²) in [5.74, 6) is 1.01. The first-order chi connectivity index (χ1) is 12.2. The first-order valence-electron chi connectivity index (χ1n) is 8.74. The van der Waals surface area contributed by atoms with E-state index in [1.165, 1.54) is 7.11 Å². The molecule has 144 valence electrons. The van der Waals surface area contributed by atoms with Crippen LogP contribution in [0.15, 0.2) is 18.2 Å².